The van der Waals surface area contributed by atoms with Crippen molar-refractivity contribution in [3.05, 3.63) is 23.8 Å². The molecule has 0 spiro atoms. The lowest BCUT2D eigenvalue weighted by molar-refractivity contribution is -0.122. The zero-order valence-electron chi connectivity index (χ0n) is 11.3. The van der Waals surface area contributed by atoms with Crippen LogP contribution in [-0.4, -0.2) is 42.2 Å². The molecule has 1 aliphatic heterocycles. The summed E-state index contributed by atoms with van der Waals surface area (Å²) in [5.41, 5.74) is 1.84. The number of aliphatic hydroxyl groups excluding tert-OH is 1. The molecule has 0 radical (unpaired) electrons. The summed E-state index contributed by atoms with van der Waals surface area (Å²) in [4.78, 5) is 13.7. The Kier molecular flexibility index (Phi) is 4.39. The maximum absolute atomic E-state index is 11.6. The van der Waals surface area contributed by atoms with Crippen molar-refractivity contribution in [1.29, 1.82) is 0 Å². The van der Waals surface area contributed by atoms with Crippen molar-refractivity contribution >= 4 is 11.6 Å². The number of nitrogens with one attached hydrogen (secondary N) is 1. The predicted molar refractivity (Wildman–Crippen MR) is 73.2 cm³/mol. The zero-order chi connectivity index (χ0) is 13.8. The summed E-state index contributed by atoms with van der Waals surface area (Å²) >= 11 is 0. The van der Waals surface area contributed by atoms with E-state index in [0.29, 0.717) is 5.75 Å². The first-order valence-corrected chi connectivity index (χ1v) is 6.50. The highest BCUT2D eigenvalue weighted by Gasteiger charge is 2.23. The van der Waals surface area contributed by atoms with Gasteiger partial charge in [-0.3, -0.25) is 4.79 Å². The number of amides is 1. The molecule has 1 aromatic carbocycles. The molecule has 0 aromatic heterocycles. The van der Waals surface area contributed by atoms with Crippen molar-refractivity contribution in [1.82, 2.24) is 4.90 Å². The molecule has 0 aliphatic carbocycles. The Labute approximate surface area is 113 Å². The maximum atomic E-state index is 11.6. The largest absolute Gasteiger partial charge is 0.479 e. The Balaban J connectivity index is 2.05. The van der Waals surface area contributed by atoms with Crippen LogP contribution in [0.5, 0.6) is 5.75 Å². The first kappa shape index (κ1) is 13.8. The van der Waals surface area contributed by atoms with Gasteiger partial charge in [-0.25, -0.2) is 0 Å². The van der Waals surface area contributed by atoms with Gasteiger partial charge in [-0.1, -0.05) is 6.07 Å². The Bertz CT molecular complexity index is 462. The number of fused-ring (bicyclic) bond motifs is 1. The van der Waals surface area contributed by atoms with E-state index in [1.165, 1.54) is 0 Å². The molecular formula is C14H20N2O3. The fourth-order valence-electron chi connectivity index (χ4n) is 2.09. The first-order chi connectivity index (χ1) is 9.10. The zero-order valence-corrected chi connectivity index (χ0v) is 11.3. The highest BCUT2D eigenvalue weighted by Crippen LogP contribution is 2.30. The molecule has 1 aromatic rings. The highest BCUT2D eigenvalue weighted by atomic mass is 16.5. The van der Waals surface area contributed by atoms with Gasteiger partial charge in [-0.05, 0) is 38.1 Å². The van der Waals surface area contributed by atoms with E-state index < -0.39 is 6.10 Å². The van der Waals surface area contributed by atoms with Crippen LogP contribution in [0.2, 0.25) is 0 Å². The summed E-state index contributed by atoms with van der Waals surface area (Å²) in [7, 11) is 2.01. The Morgan fingerprint density at radius 1 is 1.47 bits per heavy atom. The van der Waals surface area contributed by atoms with E-state index in [1.807, 2.05) is 25.2 Å². The van der Waals surface area contributed by atoms with Gasteiger partial charge in [-0.2, -0.15) is 0 Å². The molecule has 0 fully saturated rings. The van der Waals surface area contributed by atoms with Gasteiger partial charge < -0.3 is 20.1 Å². The molecule has 1 amide bonds. The van der Waals surface area contributed by atoms with Crippen molar-refractivity contribution in [2.24, 2.45) is 0 Å². The fraction of sp³-hybridized carbons (Fsp3) is 0.500. The third-order valence-corrected chi connectivity index (χ3v) is 3.13. The number of carbonyl (C=O) groups excluding carboxylic acids is 1. The lowest BCUT2D eigenvalue weighted by atomic mass is 10.1. The van der Waals surface area contributed by atoms with Crippen LogP contribution in [0.15, 0.2) is 18.2 Å². The average molecular weight is 264 g/mol. The smallest absolute Gasteiger partial charge is 0.265 e. The number of rotatable bonds is 5. The van der Waals surface area contributed by atoms with Crippen LogP contribution in [0.1, 0.15) is 18.9 Å². The number of aliphatic hydroxyl groups is 1. The summed E-state index contributed by atoms with van der Waals surface area (Å²) in [6, 6.07) is 5.83. The van der Waals surface area contributed by atoms with E-state index in [1.54, 1.807) is 6.92 Å². The Morgan fingerprint density at radius 3 is 3.00 bits per heavy atom. The number of anilines is 1. The molecule has 0 saturated carbocycles. The molecule has 2 N–H and O–H groups in total. The second-order valence-corrected chi connectivity index (χ2v) is 4.89. The van der Waals surface area contributed by atoms with Crippen molar-refractivity contribution in [3.8, 4) is 5.75 Å². The minimum absolute atomic E-state index is 0.113. The molecule has 19 heavy (non-hydrogen) atoms. The standard InChI is InChI=1S/C14H20N2O3/c1-10-14(18)15-12-8-11(4-5-13(12)19-10)9-16(2)6-3-7-17/h4-5,8,10,17H,3,6-7,9H2,1-2H3,(H,15,18). The molecule has 1 atom stereocenters. The molecule has 1 heterocycles. The predicted octanol–water partition coefficient (Wildman–Crippen LogP) is 1.22. The number of ether oxygens (including phenoxy) is 1. The topological polar surface area (TPSA) is 61.8 Å². The summed E-state index contributed by atoms with van der Waals surface area (Å²) in [6.45, 7) is 3.55. The minimum atomic E-state index is -0.439. The molecule has 1 unspecified atom stereocenters. The van der Waals surface area contributed by atoms with Crippen LogP contribution in [0, 0.1) is 0 Å². The summed E-state index contributed by atoms with van der Waals surface area (Å²) in [5.74, 6) is 0.604. The van der Waals surface area contributed by atoms with Crippen LogP contribution in [0.4, 0.5) is 5.69 Å². The van der Waals surface area contributed by atoms with E-state index in [0.717, 1.165) is 30.8 Å². The third-order valence-electron chi connectivity index (χ3n) is 3.13. The minimum Gasteiger partial charge on any atom is -0.479 e. The second kappa shape index (κ2) is 6.04. The van der Waals surface area contributed by atoms with Crippen molar-refractivity contribution in [2.75, 3.05) is 25.5 Å². The van der Waals surface area contributed by atoms with Gasteiger partial charge >= 0.3 is 0 Å². The van der Waals surface area contributed by atoms with Crippen LogP contribution in [-0.2, 0) is 11.3 Å². The van der Waals surface area contributed by atoms with E-state index in [9.17, 15) is 4.79 Å². The third kappa shape index (κ3) is 3.45. The monoisotopic (exact) mass is 264 g/mol. The highest BCUT2D eigenvalue weighted by molar-refractivity contribution is 5.97. The molecule has 0 bridgehead atoms. The van der Waals surface area contributed by atoms with E-state index in [-0.39, 0.29) is 12.5 Å². The number of hydrogen-bond acceptors (Lipinski definition) is 4. The number of hydrogen-bond donors (Lipinski definition) is 2. The van der Waals surface area contributed by atoms with Gasteiger partial charge in [0.1, 0.15) is 5.75 Å². The average Bonchev–Trinajstić information content (AvgIpc) is 2.38. The molecule has 5 heteroatoms. The van der Waals surface area contributed by atoms with Crippen LogP contribution >= 0.6 is 0 Å². The molecule has 1 aliphatic rings. The molecule has 0 saturated heterocycles. The Morgan fingerprint density at radius 2 is 2.26 bits per heavy atom. The van der Waals surface area contributed by atoms with Gasteiger partial charge in [0, 0.05) is 19.7 Å². The van der Waals surface area contributed by atoms with E-state index >= 15 is 0 Å². The lowest BCUT2D eigenvalue weighted by Gasteiger charge is -2.24. The van der Waals surface area contributed by atoms with Crippen molar-refractivity contribution in [3.63, 3.8) is 0 Å². The number of nitrogens with zero attached hydrogens (tertiary/aromatic N) is 1. The van der Waals surface area contributed by atoms with Crippen LogP contribution in [0.25, 0.3) is 0 Å². The van der Waals surface area contributed by atoms with Gasteiger partial charge in [0.05, 0.1) is 5.69 Å². The number of benzene rings is 1. The van der Waals surface area contributed by atoms with E-state index in [2.05, 4.69) is 10.2 Å². The van der Waals surface area contributed by atoms with E-state index in [4.69, 9.17) is 9.84 Å². The van der Waals surface area contributed by atoms with Crippen LogP contribution < -0.4 is 10.1 Å². The second-order valence-electron chi connectivity index (χ2n) is 4.89. The molecule has 104 valence electrons. The fourth-order valence-corrected chi connectivity index (χ4v) is 2.09. The number of carbonyl (C=O) groups is 1. The van der Waals surface area contributed by atoms with Crippen molar-refractivity contribution < 1.29 is 14.6 Å². The van der Waals surface area contributed by atoms with Gasteiger partial charge in [0.2, 0.25) is 0 Å². The summed E-state index contributed by atoms with van der Waals surface area (Å²) < 4.78 is 5.51. The van der Waals surface area contributed by atoms with Gasteiger partial charge in [0.25, 0.3) is 5.91 Å². The molecule has 2 rings (SSSR count). The quantitative estimate of drug-likeness (QED) is 0.839. The van der Waals surface area contributed by atoms with Crippen molar-refractivity contribution in [2.45, 2.75) is 26.0 Å². The van der Waals surface area contributed by atoms with Gasteiger partial charge in [-0.15, -0.1) is 0 Å². The SMILES string of the molecule is CC1Oc2ccc(CN(C)CCCO)cc2NC1=O. The normalized spacial score (nSPS) is 17.9. The van der Waals surface area contributed by atoms with Crippen LogP contribution in [0.3, 0.4) is 0 Å². The maximum Gasteiger partial charge on any atom is 0.265 e. The summed E-state index contributed by atoms with van der Waals surface area (Å²) in [6.07, 6.45) is 0.323. The first-order valence-electron chi connectivity index (χ1n) is 6.50. The summed E-state index contributed by atoms with van der Waals surface area (Å²) in [5, 5.41) is 11.6. The van der Waals surface area contributed by atoms with Gasteiger partial charge in [0.15, 0.2) is 6.10 Å². The lowest BCUT2D eigenvalue weighted by Crippen LogP contribution is -2.34. The Hall–Kier alpha value is -1.59. The molecular weight excluding hydrogens is 244 g/mol. The molecule has 5 nitrogen and oxygen atoms in total.